The van der Waals surface area contributed by atoms with Crippen LogP contribution < -0.4 is 0 Å². The van der Waals surface area contributed by atoms with Crippen molar-refractivity contribution in [1.82, 2.24) is 0 Å². The molecule has 0 aromatic rings. The van der Waals surface area contributed by atoms with E-state index in [1.54, 1.807) is 20.8 Å². The fraction of sp³-hybridized carbons (Fsp3) is 0.917. The normalized spacial score (nSPS) is 30.9. The van der Waals surface area contributed by atoms with Gasteiger partial charge in [-0.1, -0.05) is 6.92 Å². The Morgan fingerprint density at radius 3 is 2.37 bits per heavy atom. The molecule has 0 aromatic heterocycles. The third-order valence-corrected chi connectivity index (χ3v) is 3.43. The Balaban J connectivity index is 2.51. The van der Waals surface area contributed by atoms with Crippen LogP contribution in [0.4, 0.5) is 0 Å². The van der Waals surface area contributed by atoms with E-state index in [-0.39, 0.29) is 30.5 Å². The zero-order valence-corrected chi connectivity index (χ0v) is 11.6. The van der Waals surface area contributed by atoms with Crippen molar-refractivity contribution in [2.24, 2.45) is 0 Å². The summed E-state index contributed by atoms with van der Waals surface area (Å²) in [6.07, 6.45) is 0.833. The highest BCUT2D eigenvalue weighted by atomic mass is 16.7. The molecule has 1 aliphatic heterocycles. The number of hydrogen-bond donors (Lipinski definition) is 0. The molecular formula is C12H21NO6. The van der Waals surface area contributed by atoms with Crippen molar-refractivity contribution in [2.45, 2.75) is 51.4 Å². The van der Waals surface area contributed by atoms with E-state index in [4.69, 9.17) is 14.2 Å². The maximum atomic E-state index is 11.3. The van der Waals surface area contributed by atoms with Gasteiger partial charge in [-0.15, -0.1) is 0 Å². The average Bonchev–Trinajstić information content (AvgIpc) is 2.38. The van der Waals surface area contributed by atoms with Crippen LogP contribution in [0.3, 0.4) is 0 Å². The van der Waals surface area contributed by atoms with Crippen molar-refractivity contribution < 1.29 is 23.9 Å². The fourth-order valence-electron chi connectivity index (χ4n) is 1.80. The molecule has 0 aromatic carbocycles. The zero-order chi connectivity index (χ0) is 14.5. The molecule has 1 aliphatic rings. The van der Waals surface area contributed by atoms with Gasteiger partial charge in [-0.25, -0.2) is 0 Å². The quantitative estimate of drug-likeness (QED) is 0.415. The Labute approximate surface area is 112 Å². The molecule has 1 saturated heterocycles. The predicted molar refractivity (Wildman–Crippen MR) is 66.2 cm³/mol. The lowest BCUT2D eigenvalue weighted by atomic mass is 9.97. The molecule has 0 saturated carbocycles. The third-order valence-electron chi connectivity index (χ3n) is 3.43. The van der Waals surface area contributed by atoms with Crippen LogP contribution in [-0.2, 0) is 19.0 Å². The van der Waals surface area contributed by atoms with Gasteiger partial charge in [0.15, 0.2) is 5.79 Å². The number of hydrogen-bond acceptors (Lipinski definition) is 6. The molecule has 0 aliphatic carbocycles. The number of nitrogens with zero attached hydrogens (tertiary/aromatic N) is 1. The summed E-state index contributed by atoms with van der Waals surface area (Å²) in [6.45, 7) is 5.48. The van der Waals surface area contributed by atoms with Crippen LogP contribution in [0.2, 0.25) is 0 Å². The van der Waals surface area contributed by atoms with E-state index in [1.807, 2.05) is 0 Å². The van der Waals surface area contributed by atoms with Crippen molar-refractivity contribution in [1.29, 1.82) is 0 Å². The summed E-state index contributed by atoms with van der Waals surface area (Å²) in [5.74, 6) is -1.28. The minimum absolute atomic E-state index is 0.00414. The number of esters is 1. The Bertz CT molecular complexity index is 335. The van der Waals surface area contributed by atoms with E-state index in [9.17, 15) is 14.9 Å². The van der Waals surface area contributed by atoms with Crippen LogP contribution >= 0.6 is 0 Å². The first-order chi connectivity index (χ1) is 8.87. The van der Waals surface area contributed by atoms with E-state index in [1.165, 1.54) is 0 Å². The predicted octanol–water partition coefficient (Wildman–Crippen LogP) is 1.52. The van der Waals surface area contributed by atoms with Gasteiger partial charge in [0.2, 0.25) is 0 Å². The molecule has 1 heterocycles. The number of nitro groups is 1. The number of rotatable bonds is 6. The summed E-state index contributed by atoms with van der Waals surface area (Å²) in [4.78, 5) is 22.0. The fourth-order valence-corrected chi connectivity index (χ4v) is 1.80. The Morgan fingerprint density at radius 1 is 1.37 bits per heavy atom. The van der Waals surface area contributed by atoms with Gasteiger partial charge in [-0.3, -0.25) is 14.9 Å². The molecule has 1 fully saturated rings. The van der Waals surface area contributed by atoms with Gasteiger partial charge in [-0.05, 0) is 13.8 Å². The van der Waals surface area contributed by atoms with E-state index in [0.717, 1.165) is 0 Å². The van der Waals surface area contributed by atoms with E-state index >= 15 is 0 Å². The average molecular weight is 275 g/mol. The van der Waals surface area contributed by atoms with E-state index in [2.05, 4.69) is 0 Å². The molecule has 0 N–H and O–H groups in total. The van der Waals surface area contributed by atoms with Crippen LogP contribution in [0.15, 0.2) is 0 Å². The lowest BCUT2D eigenvalue weighted by molar-refractivity contribution is -0.596. The lowest BCUT2D eigenvalue weighted by Crippen LogP contribution is -2.56. The largest absolute Gasteiger partial charge is 0.466 e. The molecule has 0 spiro atoms. The first-order valence-corrected chi connectivity index (χ1v) is 6.45. The van der Waals surface area contributed by atoms with Gasteiger partial charge in [0.1, 0.15) is 13.2 Å². The number of carbonyl (C=O) groups is 1. The second-order valence-corrected chi connectivity index (χ2v) is 4.85. The van der Waals surface area contributed by atoms with Crippen LogP contribution in [-0.4, -0.2) is 42.0 Å². The molecule has 0 unspecified atom stereocenters. The topological polar surface area (TPSA) is 87.9 Å². The molecule has 7 nitrogen and oxygen atoms in total. The van der Waals surface area contributed by atoms with Gasteiger partial charge >= 0.3 is 5.97 Å². The van der Waals surface area contributed by atoms with Crippen LogP contribution in [0.25, 0.3) is 0 Å². The molecule has 0 atom stereocenters. The molecule has 7 heteroatoms. The monoisotopic (exact) mass is 275 g/mol. The molecule has 110 valence electrons. The molecular weight excluding hydrogens is 254 g/mol. The summed E-state index contributed by atoms with van der Waals surface area (Å²) in [5.41, 5.74) is -1.18. The number of ether oxygens (including phenoxy) is 3. The van der Waals surface area contributed by atoms with Crippen LogP contribution in [0.1, 0.15) is 40.0 Å². The summed E-state index contributed by atoms with van der Waals surface area (Å²) >= 11 is 0. The zero-order valence-electron chi connectivity index (χ0n) is 11.6. The van der Waals surface area contributed by atoms with Crippen molar-refractivity contribution in [2.75, 3.05) is 19.8 Å². The van der Waals surface area contributed by atoms with Crippen molar-refractivity contribution in [3.63, 3.8) is 0 Å². The molecule has 19 heavy (non-hydrogen) atoms. The van der Waals surface area contributed by atoms with Crippen molar-refractivity contribution in [3.05, 3.63) is 10.1 Å². The highest BCUT2D eigenvalue weighted by molar-refractivity contribution is 5.69. The minimum Gasteiger partial charge on any atom is -0.466 e. The van der Waals surface area contributed by atoms with E-state index < -0.39 is 11.3 Å². The van der Waals surface area contributed by atoms with Crippen LogP contribution in [0.5, 0.6) is 0 Å². The minimum atomic E-state index is -1.18. The van der Waals surface area contributed by atoms with Crippen molar-refractivity contribution >= 4 is 5.97 Å². The van der Waals surface area contributed by atoms with Gasteiger partial charge in [0.25, 0.3) is 5.54 Å². The Morgan fingerprint density at radius 2 is 1.95 bits per heavy atom. The Hall–Kier alpha value is -1.21. The maximum Gasteiger partial charge on any atom is 0.305 e. The summed E-state index contributed by atoms with van der Waals surface area (Å²) in [5, 5.41) is 11.0. The summed E-state index contributed by atoms with van der Waals surface area (Å²) in [7, 11) is 0. The smallest absolute Gasteiger partial charge is 0.305 e. The summed E-state index contributed by atoms with van der Waals surface area (Å²) in [6, 6.07) is 0. The highest BCUT2D eigenvalue weighted by Crippen LogP contribution is 2.31. The maximum absolute atomic E-state index is 11.3. The summed E-state index contributed by atoms with van der Waals surface area (Å²) < 4.78 is 15.8. The Kier molecular flexibility index (Phi) is 5.25. The highest BCUT2D eigenvalue weighted by Gasteiger charge is 2.49. The SMILES string of the molecule is CCOC(=O)CCC1(C)OCC(CC)([N+](=O)[O-])CO1. The first-order valence-electron chi connectivity index (χ1n) is 6.45. The second kappa shape index (κ2) is 6.29. The lowest BCUT2D eigenvalue weighted by Gasteiger charge is -2.39. The molecule has 0 amide bonds. The van der Waals surface area contributed by atoms with Gasteiger partial charge in [0.05, 0.1) is 13.0 Å². The van der Waals surface area contributed by atoms with Crippen LogP contribution in [0, 0.1) is 10.1 Å². The standard InChI is InChI=1S/C12H21NO6/c1-4-12(13(15)16)8-18-11(3,19-9-12)7-6-10(14)17-5-2/h4-9H2,1-3H3. The molecule has 0 bridgehead atoms. The number of carbonyl (C=O) groups excluding carboxylic acids is 1. The first kappa shape index (κ1) is 15.8. The molecule has 0 radical (unpaired) electrons. The molecule has 1 rings (SSSR count). The van der Waals surface area contributed by atoms with Crippen molar-refractivity contribution in [3.8, 4) is 0 Å². The van der Waals surface area contributed by atoms with E-state index in [0.29, 0.717) is 19.4 Å². The van der Waals surface area contributed by atoms with Gasteiger partial charge < -0.3 is 14.2 Å². The van der Waals surface area contributed by atoms with Gasteiger partial charge in [-0.2, -0.15) is 0 Å². The second-order valence-electron chi connectivity index (χ2n) is 4.85. The van der Waals surface area contributed by atoms with Gasteiger partial charge in [0, 0.05) is 17.8 Å². The third kappa shape index (κ3) is 3.87.